The molecule has 6 heteroatoms. The minimum atomic E-state index is -0.185. The van der Waals surface area contributed by atoms with Gasteiger partial charge in [-0.25, -0.2) is 0 Å². The Morgan fingerprint density at radius 3 is 2.21 bits per heavy atom. The first-order valence-electron chi connectivity index (χ1n) is 36.2. The summed E-state index contributed by atoms with van der Waals surface area (Å²) in [6.07, 6.45) is 40.3. The minimum absolute atomic E-state index is 0.0565. The monoisotopic (exact) mass is 1280 g/mol. The van der Waals surface area contributed by atoms with Crippen LogP contribution in [0.2, 0.25) is 0 Å². The second kappa shape index (κ2) is 21.5. The molecule has 0 spiro atoms. The maximum atomic E-state index is 6.98. The summed E-state index contributed by atoms with van der Waals surface area (Å²) in [5.41, 5.74) is 28.4. The molecule has 0 radical (unpaired) electrons. The van der Waals surface area contributed by atoms with E-state index in [4.69, 9.17) is 18.0 Å². The van der Waals surface area contributed by atoms with E-state index in [1.54, 1.807) is 0 Å². The third-order valence-corrected chi connectivity index (χ3v) is 24.3. The van der Waals surface area contributed by atoms with Gasteiger partial charge in [-0.15, -0.1) is 0 Å². The number of para-hydroxylation sites is 1. The highest BCUT2D eigenvalue weighted by Crippen LogP contribution is 2.60. The predicted octanol–water partition coefficient (Wildman–Crippen LogP) is 21.4. The van der Waals surface area contributed by atoms with Crippen LogP contribution < -0.4 is 20.4 Å². The molecule has 0 bridgehead atoms. The standard InChI is InChI=1S/C93H76N2O4/c1-92(2)79-51-68(35-39-72(79)75-37-27-54-13-5-9-17-70(54)90(75)92)94(65-29-21-56(22-30-65)84-45-59-15-7-11-19-82(59)96-84)66-31-23-58(24-32-66)86-49-63-43-61-48-88-64(44-62(61)47-87(63)98-86)50-89(99-88)74-41-42-81(78-53-77(74)78)95(67-33-25-57(26-34-67)85-46-60-16-8-12-20-83(60)97-85)69-36-40-73-76-38-28-55-14-6-10-18-71(55)91(76)93(3,4)80(73)52-69/h5-21,23,25-26,28-29,31,33-36,38-43,45-52,56,60,62,65,77-78,83H,22,24,27,30,32,37,44,53H2,1-4H3. The molecule has 7 atom stereocenters. The van der Waals surface area contributed by atoms with Crippen molar-refractivity contribution < 1.29 is 18.0 Å². The van der Waals surface area contributed by atoms with E-state index in [0.717, 1.165) is 108 Å². The van der Waals surface area contributed by atoms with Crippen molar-refractivity contribution in [1.29, 1.82) is 0 Å². The Morgan fingerprint density at radius 1 is 0.535 bits per heavy atom. The Hall–Kier alpha value is -10.6. The number of rotatable bonds is 10. The number of ether oxygens (including phenoxy) is 1. The van der Waals surface area contributed by atoms with Crippen molar-refractivity contribution in [1.82, 2.24) is 0 Å². The molecule has 0 amide bonds. The Kier molecular flexibility index (Phi) is 12.5. The molecule has 7 aromatic carbocycles. The van der Waals surface area contributed by atoms with Crippen LogP contribution in [0.15, 0.2) is 261 Å². The van der Waals surface area contributed by atoms with E-state index < -0.39 is 0 Å². The summed E-state index contributed by atoms with van der Waals surface area (Å²) in [6.45, 7) is 9.72. The zero-order chi connectivity index (χ0) is 65.6. The van der Waals surface area contributed by atoms with E-state index in [0.29, 0.717) is 11.8 Å². The van der Waals surface area contributed by atoms with Gasteiger partial charge in [0.05, 0.1) is 6.04 Å². The van der Waals surface area contributed by atoms with Crippen molar-refractivity contribution in [2.75, 3.05) is 9.80 Å². The van der Waals surface area contributed by atoms with E-state index in [-0.39, 0.29) is 40.7 Å². The molecule has 1 saturated carbocycles. The number of benzene rings is 7. The van der Waals surface area contributed by atoms with Crippen LogP contribution in [0.3, 0.4) is 0 Å². The number of aryl methyl sites for hydroxylation is 1. The number of furan rings is 3. The van der Waals surface area contributed by atoms with Crippen LogP contribution >= 0.6 is 0 Å². The van der Waals surface area contributed by atoms with Gasteiger partial charge in [-0.2, -0.15) is 0 Å². The molecule has 10 aromatic rings. The van der Waals surface area contributed by atoms with Crippen LogP contribution in [0.1, 0.15) is 140 Å². The fourth-order valence-corrected chi connectivity index (χ4v) is 19.3. The number of hydrogen-bond acceptors (Lipinski definition) is 6. The summed E-state index contributed by atoms with van der Waals surface area (Å²) in [7, 11) is 0. The normalized spacial score (nSPS) is 23.9. The van der Waals surface area contributed by atoms with Crippen LogP contribution in [-0.4, -0.2) is 12.1 Å². The summed E-state index contributed by atoms with van der Waals surface area (Å²) >= 11 is 0. The fraction of sp³-hybridized carbons (Fsp3) is 0.226. The Balaban J connectivity index is 0.572. The SMILES string of the molecule is CC1(C)C2=C(CCc3ccccc32)c2ccc(N(C3=CC=C(c4cc5c(o4)=CC4Cc6cc(C7=CC=C(N(c8ccc(C9=CC%10C=CC=CC%10O9)cc8)c8ccc9c(c8)C(C)(C)c8c-9ccc9ccccc89)C8CC78)oc6C=C4C=5)CC3)C3C=CC(c4cc5ccccc5o4)CC3)cc21. The maximum Gasteiger partial charge on any atom is 0.134 e. The molecule has 3 aromatic heterocycles. The molecule has 99 heavy (non-hydrogen) atoms. The molecule has 4 heterocycles. The molecule has 1 fully saturated rings. The first-order chi connectivity index (χ1) is 48.5. The third-order valence-electron chi connectivity index (χ3n) is 24.3. The van der Waals surface area contributed by atoms with E-state index in [2.05, 4.69) is 286 Å². The lowest BCUT2D eigenvalue weighted by atomic mass is 9.74. The lowest BCUT2D eigenvalue weighted by Gasteiger charge is -2.38. The second-order valence-electron chi connectivity index (χ2n) is 30.7. The highest BCUT2D eigenvalue weighted by Gasteiger charge is 2.49. The molecule has 1 aliphatic heterocycles. The molecule has 10 aliphatic carbocycles. The zero-order valence-electron chi connectivity index (χ0n) is 56.4. The molecule has 0 saturated heterocycles. The van der Waals surface area contributed by atoms with E-state index in [9.17, 15) is 0 Å². The van der Waals surface area contributed by atoms with Gasteiger partial charge in [0, 0.05) is 79.1 Å². The number of allylic oxidation sites excluding steroid dienone is 14. The van der Waals surface area contributed by atoms with Crippen LogP contribution in [0.25, 0.3) is 79.1 Å². The molecule has 11 aliphatic rings. The van der Waals surface area contributed by atoms with Crippen molar-refractivity contribution >= 4 is 85.1 Å². The average molecular weight is 1290 g/mol. The first-order valence-corrected chi connectivity index (χ1v) is 36.2. The zero-order valence-corrected chi connectivity index (χ0v) is 56.4. The number of hydrogen-bond donors (Lipinski definition) is 0. The summed E-state index contributed by atoms with van der Waals surface area (Å²) in [4.78, 5) is 5.20. The first kappa shape index (κ1) is 57.5. The molecular formula is C93H76N2O4. The van der Waals surface area contributed by atoms with E-state index in [1.165, 1.54) is 117 Å². The van der Waals surface area contributed by atoms with E-state index >= 15 is 0 Å². The molecule has 0 N–H and O–H groups in total. The molecular weight excluding hydrogens is 1210 g/mol. The summed E-state index contributed by atoms with van der Waals surface area (Å²) in [5, 5.41) is 4.93. The number of nitrogens with zero attached hydrogens (tertiary/aromatic N) is 2. The van der Waals surface area contributed by atoms with Gasteiger partial charge in [0.25, 0.3) is 0 Å². The van der Waals surface area contributed by atoms with Crippen molar-refractivity contribution in [3.8, 4) is 11.1 Å². The van der Waals surface area contributed by atoms with Gasteiger partial charge in [0.1, 0.15) is 45.9 Å². The molecule has 21 rings (SSSR count). The van der Waals surface area contributed by atoms with E-state index in [1.807, 2.05) is 0 Å². The van der Waals surface area contributed by atoms with Crippen LogP contribution in [0.5, 0.6) is 0 Å². The maximum absolute atomic E-state index is 6.98. The van der Waals surface area contributed by atoms with Crippen LogP contribution in [0.4, 0.5) is 17.1 Å². The molecule has 482 valence electrons. The number of anilines is 3. The summed E-state index contributed by atoms with van der Waals surface area (Å²) in [6, 6.07) is 61.8. The van der Waals surface area contributed by atoms with Gasteiger partial charge in [-0.1, -0.05) is 161 Å². The fourth-order valence-electron chi connectivity index (χ4n) is 19.3. The Morgan fingerprint density at radius 2 is 1.34 bits per heavy atom. The van der Waals surface area contributed by atoms with Crippen molar-refractivity contribution in [2.24, 2.45) is 23.7 Å². The van der Waals surface area contributed by atoms with Crippen LogP contribution in [-0.2, 0) is 28.4 Å². The average Bonchev–Trinajstić information content (AvgIpc) is 1.57. The van der Waals surface area contributed by atoms with Gasteiger partial charge in [-0.05, 0) is 261 Å². The van der Waals surface area contributed by atoms with Gasteiger partial charge < -0.3 is 27.8 Å². The van der Waals surface area contributed by atoms with Crippen molar-refractivity contribution in [3.63, 3.8) is 0 Å². The van der Waals surface area contributed by atoms with Gasteiger partial charge >= 0.3 is 0 Å². The summed E-state index contributed by atoms with van der Waals surface area (Å²) in [5.74, 6) is 6.37. The highest BCUT2D eigenvalue weighted by molar-refractivity contribution is 6.04. The van der Waals surface area contributed by atoms with Gasteiger partial charge in [-0.3, -0.25) is 0 Å². The lowest BCUT2D eigenvalue weighted by molar-refractivity contribution is 0.213. The van der Waals surface area contributed by atoms with Crippen LogP contribution in [0, 0.1) is 23.7 Å². The quantitative estimate of drug-likeness (QED) is 0.127. The largest absolute Gasteiger partial charge is 0.485 e. The lowest BCUT2D eigenvalue weighted by Crippen LogP contribution is -2.35. The Bertz CT molecular complexity index is 5630. The smallest absolute Gasteiger partial charge is 0.134 e. The van der Waals surface area contributed by atoms with Gasteiger partial charge in [0.2, 0.25) is 0 Å². The van der Waals surface area contributed by atoms with Gasteiger partial charge in [0.15, 0.2) is 0 Å². The highest BCUT2D eigenvalue weighted by atomic mass is 16.5. The topological polar surface area (TPSA) is 55.1 Å². The van der Waals surface area contributed by atoms with Crippen molar-refractivity contribution in [2.45, 2.75) is 108 Å². The molecule has 6 nitrogen and oxygen atoms in total. The molecule has 7 unspecified atom stereocenters. The predicted molar refractivity (Wildman–Crippen MR) is 403 cm³/mol. The van der Waals surface area contributed by atoms with Crippen molar-refractivity contribution in [3.05, 3.63) is 326 Å². The minimum Gasteiger partial charge on any atom is -0.485 e. The third kappa shape index (κ3) is 8.99. The second-order valence-corrected chi connectivity index (χ2v) is 30.7. The number of fused-ring (bicyclic) bond motifs is 15. The Labute approximate surface area is 578 Å². The summed E-state index contributed by atoms with van der Waals surface area (Å²) < 4.78 is 26.8.